The molecular weight excluding hydrogens is 419 g/mol. The minimum atomic E-state index is 0.00631. The smallest absolute Gasteiger partial charge is 0.252 e. The van der Waals surface area contributed by atoms with Crippen molar-refractivity contribution in [1.82, 2.24) is 10.2 Å². The molecule has 1 fully saturated rings. The summed E-state index contributed by atoms with van der Waals surface area (Å²) < 4.78 is 1.92. The van der Waals surface area contributed by atoms with E-state index in [4.69, 9.17) is 0 Å². The normalized spacial score (nSPS) is 15.7. The fourth-order valence-corrected chi connectivity index (χ4v) is 3.20. The number of carbonyl (C=O) groups excluding carboxylic acids is 1. The van der Waals surface area contributed by atoms with E-state index in [0.717, 1.165) is 27.6 Å². The number of rotatable bonds is 5. The van der Waals surface area contributed by atoms with Crippen LogP contribution in [0.3, 0.4) is 0 Å². The lowest BCUT2D eigenvalue weighted by molar-refractivity contribution is 0.0951. The summed E-state index contributed by atoms with van der Waals surface area (Å²) in [4.78, 5) is 14.5. The second kappa shape index (κ2) is 7.59. The Morgan fingerprint density at radius 1 is 1.37 bits per heavy atom. The maximum atomic E-state index is 12.1. The van der Waals surface area contributed by atoms with Crippen molar-refractivity contribution in [3.05, 3.63) is 31.8 Å². The molecule has 0 saturated carbocycles. The highest BCUT2D eigenvalue weighted by Crippen LogP contribution is 2.19. The summed E-state index contributed by atoms with van der Waals surface area (Å²) in [5, 5.41) is 2.99. The fraction of sp³-hybridized carbons (Fsp3) is 0.500. The lowest BCUT2D eigenvalue weighted by Crippen LogP contribution is -2.28. The average Bonchev–Trinajstić information content (AvgIpc) is 2.90. The van der Waals surface area contributed by atoms with E-state index in [9.17, 15) is 4.79 Å². The first-order chi connectivity index (χ1) is 9.16. The van der Waals surface area contributed by atoms with E-state index < -0.39 is 0 Å². The first-order valence-electron chi connectivity index (χ1n) is 6.62. The molecule has 0 radical (unpaired) electrons. The molecule has 0 unspecified atom stereocenters. The molecule has 1 saturated heterocycles. The number of nitrogens with zero attached hydrogens (tertiary/aromatic N) is 1. The number of nitrogens with one attached hydrogen (secondary N) is 1. The van der Waals surface area contributed by atoms with Crippen molar-refractivity contribution in [2.24, 2.45) is 0 Å². The molecule has 1 aliphatic heterocycles. The van der Waals surface area contributed by atoms with Gasteiger partial charge in [-0.15, -0.1) is 0 Å². The zero-order valence-electron chi connectivity index (χ0n) is 10.8. The van der Waals surface area contributed by atoms with E-state index in [1.54, 1.807) is 0 Å². The number of hydrogen-bond acceptors (Lipinski definition) is 2. The molecule has 104 valence electrons. The van der Waals surface area contributed by atoms with Gasteiger partial charge in [-0.1, -0.05) is 0 Å². The molecule has 1 heterocycles. The van der Waals surface area contributed by atoms with Crippen LogP contribution in [0, 0.1) is 3.57 Å². The van der Waals surface area contributed by atoms with Crippen molar-refractivity contribution >= 4 is 44.4 Å². The van der Waals surface area contributed by atoms with Crippen molar-refractivity contribution in [1.29, 1.82) is 0 Å². The lowest BCUT2D eigenvalue weighted by atomic mass is 10.2. The molecule has 0 spiro atoms. The molecule has 2 rings (SSSR count). The Hall–Kier alpha value is -0.140. The minimum Gasteiger partial charge on any atom is -0.352 e. The van der Waals surface area contributed by atoms with Crippen molar-refractivity contribution in [2.45, 2.75) is 19.3 Å². The molecule has 1 aromatic rings. The van der Waals surface area contributed by atoms with Crippen molar-refractivity contribution < 1.29 is 4.79 Å². The van der Waals surface area contributed by atoms with Gasteiger partial charge in [0.05, 0.1) is 5.56 Å². The molecular formula is C14H18BrIN2O. The van der Waals surface area contributed by atoms with Gasteiger partial charge in [0.1, 0.15) is 0 Å². The van der Waals surface area contributed by atoms with Crippen LogP contribution in [0.25, 0.3) is 0 Å². The van der Waals surface area contributed by atoms with Gasteiger partial charge >= 0.3 is 0 Å². The van der Waals surface area contributed by atoms with Gasteiger partial charge in [-0.2, -0.15) is 0 Å². The first-order valence-corrected chi connectivity index (χ1v) is 8.49. The number of halogens is 2. The third kappa shape index (κ3) is 4.72. The molecule has 0 atom stereocenters. The Bertz CT molecular complexity index is 447. The van der Waals surface area contributed by atoms with Gasteiger partial charge < -0.3 is 10.2 Å². The molecule has 19 heavy (non-hydrogen) atoms. The maximum Gasteiger partial charge on any atom is 0.252 e. The van der Waals surface area contributed by atoms with Crippen LogP contribution >= 0.6 is 38.5 Å². The number of carbonyl (C=O) groups is 1. The molecule has 1 amide bonds. The monoisotopic (exact) mass is 436 g/mol. The Labute approximate surface area is 136 Å². The van der Waals surface area contributed by atoms with Crippen LogP contribution in [-0.4, -0.2) is 37.0 Å². The summed E-state index contributed by atoms with van der Waals surface area (Å²) in [6.45, 7) is 4.27. The second-order valence-electron chi connectivity index (χ2n) is 4.78. The zero-order valence-corrected chi connectivity index (χ0v) is 14.5. The van der Waals surface area contributed by atoms with Crippen LogP contribution in [0.15, 0.2) is 22.7 Å². The highest BCUT2D eigenvalue weighted by atomic mass is 127. The largest absolute Gasteiger partial charge is 0.352 e. The summed E-state index contributed by atoms with van der Waals surface area (Å²) in [7, 11) is 0. The van der Waals surface area contributed by atoms with E-state index >= 15 is 0 Å². The zero-order chi connectivity index (χ0) is 13.7. The quantitative estimate of drug-likeness (QED) is 0.567. The third-order valence-electron chi connectivity index (χ3n) is 3.31. The predicted molar refractivity (Wildman–Crippen MR) is 89.5 cm³/mol. The van der Waals surface area contributed by atoms with Gasteiger partial charge in [-0.25, -0.2) is 0 Å². The Balaban J connectivity index is 1.75. The molecule has 0 aromatic heterocycles. The van der Waals surface area contributed by atoms with Gasteiger partial charge in [0, 0.05) is 14.6 Å². The molecule has 1 aliphatic rings. The van der Waals surface area contributed by atoms with E-state index in [2.05, 4.69) is 48.7 Å². The Morgan fingerprint density at radius 3 is 2.84 bits per heavy atom. The molecule has 1 N–H and O–H groups in total. The number of benzene rings is 1. The van der Waals surface area contributed by atoms with Crippen LogP contribution in [0.1, 0.15) is 29.6 Å². The summed E-state index contributed by atoms with van der Waals surface area (Å²) in [6.07, 6.45) is 3.66. The topological polar surface area (TPSA) is 32.3 Å². The number of hydrogen-bond donors (Lipinski definition) is 1. The van der Waals surface area contributed by atoms with Gasteiger partial charge in [-0.3, -0.25) is 4.79 Å². The molecule has 5 heteroatoms. The highest BCUT2D eigenvalue weighted by molar-refractivity contribution is 14.1. The van der Waals surface area contributed by atoms with E-state index in [1.807, 2.05) is 18.2 Å². The number of likely N-dealkylation sites (tertiary alicyclic amines) is 1. The van der Waals surface area contributed by atoms with Gasteiger partial charge in [0.25, 0.3) is 5.91 Å². The fourth-order valence-electron chi connectivity index (χ4n) is 2.28. The van der Waals surface area contributed by atoms with Crippen molar-refractivity contribution in [3.8, 4) is 0 Å². The van der Waals surface area contributed by atoms with Crippen LogP contribution in [0.5, 0.6) is 0 Å². The van der Waals surface area contributed by atoms with Crippen LogP contribution in [0.2, 0.25) is 0 Å². The lowest BCUT2D eigenvalue weighted by Gasteiger charge is -2.14. The van der Waals surface area contributed by atoms with Crippen molar-refractivity contribution in [2.75, 3.05) is 26.2 Å². The second-order valence-corrected chi connectivity index (χ2v) is 6.88. The number of amides is 1. The molecule has 0 bridgehead atoms. The van der Waals surface area contributed by atoms with Gasteiger partial charge in [-0.05, 0) is 95.6 Å². The van der Waals surface area contributed by atoms with Gasteiger partial charge in [0.2, 0.25) is 0 Å². The van der Waals surface area contributed by atoms with E-state index in [0.29, 0.717) is 5.56 Å². The summed E-state index contributed by atoms with van der Waals surface area (Å²) in [5.41, 5.74) is 0.716. The summed E-state index contributed by atoms with van der Waals surface area (Å²) in [5.74, 6) is 0.00631. The SMILES string of the molecule is O=C(NCCCN1CCCC1)c1cc(I)ccc1Br. The molecule has 0 aliphatic carbocycles. The third-order valence-corrected chi connectivity index (χ3v) is 4.67. The Kier molecular flexibility index (Phi) is 6.09. The van der Waals surface area contributed by atoms with Crippen LogP contribution in [-0.2, 0) is 0 Å². The first kappa shape index (κ1) is 15.3. The van der Waals surface area contributed by atoms with Crippen LogP contribution < -0.4 is 5.32 Å². The van der Waals surface area contributed by atoms with Gasteiger partial charge in [0.15, 0.2) is 0 Å². The van der Waals surface area contributed by atoms with E-state index in [1.165, 1.54) is 25.9 Å². The predicted octanol–water partition coefficient (Wildman–Crippen LogP) is 3.27. The molecule has 1 aromatic carbocycles. The van der Waals surface area contributed by atoms with Crippen molar-refractivity contribution in [3.63, 3.8) is 0 Å². The van der Waals surface area contributed by atoms with Crippen LogP contribution in [0.4, 0.5) is 0 Å². The maximum absolute atomic E-state index is 12.1. The standard InChI is InChI=1S/C14H18BrIN2O/c15-13-5-4-11(16)10-12(13)14(19)17-6-3-9-18-7-1-2-8-18/h4-5,10H,1-3,6-9H2,(H,17,19). The molecule has 3 nitrogen and oxygen atoms in total. The highest BCUT2D eigenvalue weighted by Gasteiger charge is 2.12. The summed E-state index contributed by atoms with van der Waals surface area (Å²) in [6, 6.07) is 5.80. The average molecular weight is 437 g/mol. The van der Waals surface area contributed by atoms with E-state index in [-0.39, 0.29) is 5.91 Å². The Morgan fingerprint density at radius 2 is 2.11 bits per heavy atom. The minimum absolute atomic E-state index is 0.00631. The summed E-state index contributed by atoms with van der Waals surface area (Å²) >= 11 is 5.64.